The van der Waals surface area contributed by atoms with Gasteiger partial charge in [-0.15, -0.1) is 0 Å². The van der Waals surface area contributed by atoms with Crippen molar-refractivity contribution in [1.29, 1.82) is 0 Å². The largest absolute Gasteiger partial charge is 0.468 e. The molecule has 0 N–H and O–H groups in total. The molecule has 0 unspecified atom stereocenters. The Bertz CT molecular complexity index is 414. The van der Waals surface area contributed by atoms with Crippen molar-refractivity contribution in [2.24, 2.45) is 0 Å². The van der Waals surface area contributed by atoms with E-state index in [-0.39, 0.29) is 24.9 Å². The summed E-state index contributed by atoms with van der Waals surface area (Å²) in [6.07, 6.45) is -0.0849. The van der Waals surface area contributed by atoms with Crippen LogP contribution in [-0.2, 0) is 14.3 Å². The number of ether oxygens (including phenoxy) is 2. The summed E-state index contributed by atoms with van der Waals surface area (Å²) in [4.78, 5) is 24.0. The van der Waals surface area contributed by atoms with Crippen LogP contribution in [0.5, 0.6) is 5.75 Å². The number of anilines is 1. The van der Waals surface area contributed by atoms with E-state index in [1.54, 1.807) is 38.4 Å². The molecule has 1 aromatic carbocycles. The summed E-state index contributed by atoms with van der Waals surface area (Å²) in [7, 11) is 3.18. The smallest absolute Gasteiger partial charge is 0.234 e. The molecule has 98 valence electrons. The predicted molar refractivity (Wildman–Crippen MR) is 67.7 cm³/mol. The molecule has 0 heterocycles. The van der Waals surface area contributed by atoms with E-state index in [1.807, 2.05) is 0 Å². The average Bonchev–Trinajstić information content (AvgIpc) is 2.35. The molecule has 0 aliphatic carbocycles. The lowest BCUT2D eigenvalue weighted by molar-refractivity contribution is -0.125. The zero-order valence-corrected chi connectivity index (χ0v) is 10.8. The summed E-state index contributed by atoms with van der Waals surface area (Å²) in [6, 6.07) is 6.99. The summed E-state index contributed by atoms with van der Waals surface area (Å²) in [5, 5.41) is 0. The van der Waals surface area contributed by atoms with Gasteiger partial charge in [0.25, 0.3) is 0 Å². The Morgan fingerprint density at radius 1 is 1.22 bits per heavy atom. The van der Waals surface area contributed by atoms with E-state index in [1.165, 1.54) is 11.8 Å². The van der Waals surface area contributed by atoms with E-state index >= 15 is 0 Å². The Kier molecular flexibility index (Phi) is 5.32. The standard InChI is InChI=1S/C13H17NO4/c1-10(15)8-13(16)14(2)11-4-6-12(7-5-11)18-9-17-3/h4-7H,8-9H2,1-3H3. The van der Waals surface area contributed by atoms with Gasteiger partial charge in [-0.25, -0.2) is 0 Å². The van der Waals surface area contributed by atoms with Crippen molar-refractivity contribution in [3.05, 3.63) is 24.3 Å². The van der Waals surface area contributed by atoms with Crippen molar-refractivity contribution in [3.8, 4) is 5.75 Å². The SMILES string of the molecule is COCOc1ccc(N(C)C(=O)CC(C)=O)cc1. The second-order valence-electron chi connectivity index (χ2n) is 3.88. The van der Waals surface area contributed by atoms with Crippen LogP contribution in [0.4, 0.5) is 5.69 Å². The number of carbonyl (C=O) groups excluding carboxylic acids is 2. The molecular weight excluding hydrogens is 234 g/mol. The molecular formula is C13H17NO4. The average molecular weight is 251 g/mol. The number of hydrogen-bond acceptors (Lipinski definition) is 4. The molecule has 0 aliphatic heterocycles. The Labute approximate surface area is 106 Å². The van der Waals surface area contributed by atoms with E-state index < -0.39 is 0 Å². The number of nitrogens with zero attached hydrogens (tertiary/aromatic N) is 1. The Balaban J connectivity index is 2.66. The first-order chi connectivity index (χ1) is 8.54. The molecule has 0 spiro atoms. The van der Waals surface area contributed by atoms with E-state index in [9.17, 15) is 9.59 Å². The number of hydrogen-bond donors (Lipinski definition) is 0. The van der Waals surface area contributed by atoms with Gasteiger partial charge in [0.1, 0.15) is 11.5 Å². The number of amides is 1. The zero-order valence-electron chi connectivity index (χ0n) is 10.8. The molecule has 0 atom stereocenters. The van der Waals surface area contributed by atoms with Gasteiger partial charge >= 0.3 is 0 Å². The van der Waals surface area contributed by atoms with Gasteiger partial charge in [0.15, 0.2) is 6.79 Å². The first-order valence-electron chi connectivity index (χ1n) is 5.52. The highest BCUT2D eigenvalue weighted by molar-refractivity contribution is 6.04. The van der Waals surface area contributed by atoms with Crippen molar-refractivity contribution in [2.75, 3.05) is 25.9 Å². The molecule has 0 fully saturated rings. The zero-order chi connectivity index (χ0) is 13.5. The first kappa shape index (κ1) is 14.2. The lowest BCUT2D eigenvalue weighted by Gasteiger charge is -2.17. The highest BCUT2D eigenvalue weighted by Gasteiger charge is 2.12. The molecule has 5 nitrogen and oxygen atoms in total. The van der Waals surface area contributed by atoms with Gasteiger partial charge in [0, 0.05) is 19.8 Å². The van der Waals surface area contributed by atoms with Crippen LogP contribution in [-0.4, -0.2) is 32.6 Å². The first-order valence-corrected chi connectivity index (χ1v) is 5.52. The molecule has 5 heteroatoms. The van der Waals surface area contributed by atoms with Crippen LogP contribution in [0.2, 0.25) is 0 Å². The van der Waals surface area contributed by atoms with Crippen molar-refractivity contribution in [2.45, 2.75) is 13.3 Å². The Morgan fingerprint density at radius 3 is 2.33 bits per heavy atom. The minimum Gasteiger partial charge on any atom is -0.468 e. The van der Waals surface area contributed by atoms with Gasteiger partial charge in [0.2, 0.25) is 5.91 Å². The maximum absolute atomic E-state index is 11.7. The molecule has 1 aromatic rings. The molecule has 0 radical (unpaired) electrons. The van der Waals surface area contributed by atoms with Gasteiger partial charge in [-0.2, -0.15) is 0 Å². The number of carbonyl (C=O) groups is 2. The van der Waals surface area contributed by atoms with E-state index in [2.05, 4.69) is 0 Å². The third kappa shape index (κ3) is 4.18. The van der Waals surface area contributed by atoms with Crippen molar-refractivity contribution in [3.63, 3.8) is 0 Å². The Morgan fingerprint density at radius 2 is 1.83 bits per heavy atom. The second-order valence-corrected chi connectivity index (χ2v) is 3.88. The van der Waals surface area contributed by atoms with Crippen LogP contribution in [0.1, 0.15) is 13.3 Å². The molecule has 0 saturated heterocycles. The number of ketones is 1. The third-order valence-corrected chi connectivity index (χ3v) is 2.34. The van der Waals surface area contributed by atoms with Gasteiger partial charge in [-0.1, -0.05) is 0 Å². The minimum atomic E-state index is -0.229. The highest BCUT2D eigenvalue weighted by atomic mass is 16.7. The lowest BCUT2D eigenvalue weighted by Crippen LogP contribution is -2.27. The maximum atomic E-state index is 11.7. The normalized spacial score (nSPS) is 9.94. The quantitative estimate of drug-likeness (QED) is 0.569. The molecule has 0 aliphatic rings. The van der Waals surface area contributed by atoms with Crippen molar-refractivity contribution in [1.82, 2.24) is 0 Å². The predicted octanol–water partition coefficient (Wildman–Crippen LogP) is 1.61. The number of Topliss-reactive ketones (excluding diaryl/α,β-unsaturated/α-hetero) is 1. The summed E-state index contributed by atoms with van der Waals surface area (Å²) < 4.78 is 10.0. The summed E-state index contributed by atoms with van der Waals surface area (Å²) in [5.41, 5.74) is 0.714. The summed E-state index contributed by atoms with van der Waals surface area (Å²) in [5.74, 6) is 0.285. The van der Waals surface area contributed by atoms with E-state index in [0.717, 1.165) is 0 Å². The third-order valence-electron chi connectivity index (χ3n) is 2.34. The molecule has 18 heavy (non-hydrogen) atoms. The summed E-state index contributed by atoms with van der Waals surface area (Å²) in [6.45, 7) is 1.58. The minimum absolute atomic E-state index is 0.0849. The maximum Gasteiger partial charge on any atom is 0.234 e. The van der Waals surface area contributed by atoms with Crippen LogP contribution in [0, 0.1) is 0 Å². The van der Waals surface area contributed by atoms with Crippen LogP contribution >= 0.6 is 0 Å². The number of rotatable bonds is 6. The van der Waals surface area contributed by atoms with Crippen LogP contribution in [0.25, 0.3) is 0 Å². The second kappa shape index (κ2) is 6.76. The highest BCUT2D eigenvalue weighted by Crippen LogP contribution is 2.19. The van der Waals surface area contributed by atoms with Crippen molar-refractivity contribution < 1.29 is 19.1 Å². The molecule has 0 bridgehead atoms. The van der Waals surface area contributed by atoms with E-state index in [0.29, 0.717) is 11.4 Å². The van der Waals surface area contributed by atoms with Gasteiger partial charge in [-0.05, 0) is 31.2 Å². The van der Waals surface area contributed by atoms with Crippen LogP contribution in [0.3, 0.4) is 0 Å². The summed E-state index contributed by atoms with van der Waals surface area (Å²) >= 11 is 0. The topological polar surface area (TPSA) is 55.8 Å². The molecule has 1 amide bonds. The molecule has 1 rings (SSSR count). The lowest BCUT2D eigenvalue weighted by atomic mass is 10.2. The van der Waals surface area contributed by atoms with Crippen LogP contribution < -0.4 is 9.64 Å². The fraction of sp³-hybridized carbons (Fsp3) is 0.385. The fourth-order valence-corrected chi connectivity index (χ4v) is 1.37. The molecule has 0 aromatic heterocycles. The van der Waals surface area contributed by atoms with Crippen molar-refractivity contribution >= 4 is 17.4 Å². The van der Waals surface area contributed by atoms with Gasteiger partial charge in [-0.3, -0.25) is 9.59 Å². The molecule has 0 saturated carbocycles. The fourth-order valence-electron chi connectivity index (χ4n) is 1.37. The van der Waals surface area contributed by atoms with Gasteiger partial charge in [0.05, 0.1) is 6.42 Å². The Hall–Kier alpha value is -1.88. The van der Waals surface area contributed by atoms with Crippen LogP contribution in [0.15, 0.2) is 24.3 Å². The van der Waals surface area contributed by atoms with Gasteiger partial charge < -0.3 is 14.4 Å². The monoisotopic (exact) mass is 251 g/mol. The van der Waals surface area contributed by atoms with E-state index in [4.69, 9.17) is 9.47 Å². The number of benzene rings is 1. The number of methoxy groups -OCH3 is 1.